The summed E-state index contributed by atoms with van der Waals surface area (Å²) in [6.07, 6.45) is 6.25. The van der Waals surface area contributed by atoms with Gasteiger partial charge in [-0.25, -0.2) is 17.9 Å². The summed E-state index contributed by atoms with van der Waals surface area (Å²) in [4.78, 5) is 24.0. The second-order valence-corrected chi connectivity index (χ2v) is 9.55. The van der Waals surface area contributed by atoms with Gasteiger partial charge >= 0.3 is 6.03 Å². The van der Waals surface area contributed by atoms with Crippen molar-refractivity contribution >= 4 is 22.0 Å². The van der Waals surface area contributed by atoms with Crippen LogP contribution in [0, 0.1) is 5.92 Å². The molecule has 1 aromatic rings. The maximum atomic E-state index is 12.4. The van der Waals surface area contributed by atoms with Crippen molar-refractivity contribution in [3.05, 3.63) is 18.1 Å². The predicted octanol–water partition coefficient (Wildman–Crippen LogP) is 2.16. The average molecular weight is 428 g/mol. The Labute approximate surface area is 171 Å². The molecule has 0 aromatic carbocycles. The van der Waals surface area contributed by atoms with Crippen LogP contribution in [0.3, 0.4) is 0 Å². The first-order valence-electron chi connectivity index (χ1n) is 10.2. The van der Waals surface area contributed by atoms with E-state index in [9.17, 15) is 18.0 Å². The first-order chi connectivity index (χ1) is 13.9. The predicted molar refractivity (Wildman–Crippen MR) is 106 cm³/mol. The largest absolute Gasteiger partial charge is 0.490 e. The number of unbranched alkanes of at least 4 members (excludes halogenated alkanes) is 2. The van der Waals surface area contributed by atoms with Crippen LogP contribution in [0.1, 0.15) is 57.3 Å². The van der Waals surface area contributed by atoms with Crippen LogP contribution >= 0.6 is 0 Å². The second-order valence-electron chi connectivity index (χ2n) is 7.67. The molecule has 10 heteroatoms. The molecule has 2 heterocycles. The number of rotatable bonds is 13. The van der Waals surface area contributed by atoms with Crippen molar-refractivity contribution in [1.82, 2.24) is 14.9 Å². The van der Waals surface area contributed by atoms with Gasteiger partial charge in [0, 0.05) is 12.6 Å². The van der Waals surface area contributed by atoms with Crippen LogP contribution < -0.4 is 14.8 Å². The molecule has 2 aliphatic rings. The number of sulfonamides is 1. The van der Waals surface area contributed by atoms with Crippen LogP contribution in [-0.4, -0.2) is 50.7 Å². The molecule has 1 aromatic heterocycles. The van der Waals surface area contributed by atoms with Gasteiger partial charge in [-0.3, -0.25) is 10.1 Å². The lowest BCUT2D eigenvalue weighted by Crippen LogP contribution is -2.30. The smallest absolute Gasteiger partial charge is 0.324 e. The highest BCUT2D eigenvalue weighted by Crippen LogP contribution is 2.31. The van der Waals surface area contributed by atoms with E-state index in [4.69, 9.17) is 9.15 Å². The van der Waals surface area contributed by atoms with Crippen molar-refractivity contribution in [3.63, 3.8) is 0 Å². The van der Waals surface area contributed by atoms with Gasteiger partial charge in [-0.15, -0.1) is 0 Å². The number of hydrogen-bond acceptors (Lipinski definition) is 6. The highest BCUT2D eigenvalue weighted by Gasteiger charge is 2.26. The molecule has 1 saturated heterocycles. The zero-order valence-electron chi connectivity index (χ0n) is 16.7. The highest BCUT2D eigenvalue weighted by atomic mass is 32.2. The minimum atomic E-state index is -3.46. The zero-order valence-corrected chi connectivity index (χ0v) is 17.5. The average Bonchev–Trinajstić information content (AvgIpc) is 3.29. The van der Waals surface area contributed by atoms with Crippen LogP contribution in [0.25, 0.3) is 0 Å². The third-order valence-corrected chi connectivity index (χ3v) is 6.53. The SMILES string of the molecule is CC[C@@H](NS(=O)(=O)CCCCCN1CC(=O)NC1=O)c1cc(OCC2CC2)co1. The van der Waals surface area contributed by atoms with E-state index in [2.05, 4.69) is 10.0 Å². The van der Waals surface area contributed by atoms with Gasteiger partial charge in [-0.1, -0.05) is 13.3 Å². The number of nitrogens with one attached hydrogen (secondary N) is 2. The van der Waals surface area contributed by atoms with Gasteiger partial charge in [0.1, 0.15) is 18.6 Å². The first-order valence-corrected chi connectivity index (χ1v) is 11.8. The third kappa shape index (κ3) is 6.74. The summed E-state index contributed by atoms with van der Waals surface area (Å²) < 4.78 is 38.7. The Kier molecular flexibility index (Phi) is 7.18. The van der Waals surface area contributed by atoms with Crippen molar-refractivity contribution in [2.24, 2.45) is 5.92 Å². The number of imide groups is 1. The van der Waals surface area contributed by atoms with Gasteiger partial charge in [0.05, 0.1) is 18.4 Å². The number of furan rings is 1. The number of carbonyl (C=O) groups excluding carboxylic acids is 2. The maximum Gasteiger partial charge on any atom is 0.324 e. The lowest BCUT2D eigenvalue weighted by Gasteiger charge is -2.15. The standard InChI is InChI=1S/C19H29N3O6S/c1-2-16(17-10-15(13-28-17)27-12-14-6-7-14)21-29(25,26)9-5-3-4-8-22-11-18(23)20-19(22)24/h10,13-14,16,21H,2-9,11-12H2,1H3,(H,20,23,24)/t16-/m1/s1. The van der Waals surface area contributed by atoms with Crippen LogP contribution in [0.15, 0.2) is 16.7 Å². The molecule has 1 aliphatic carbocycles. The van der Waals surface area contributed by atoms with Crippen molar-refractivity contribution in [2.45, 2.75) is 51.5 Å². The molecule has 9 nitrogen and oxygen atoms in total. The van der Waals surface area contributed by atoms with Crippen molar-refractivity contribution in [1.29, 1.82) is 0 Å². The molecule has 1 saturated carbocycles. The molecule has 3 rings (SSSR count). The minimum absolute atomic E-state index is 0.000370. The molecule has 0 radical (unpaired) electrons. The summed E-state index contributed by atoms with van der Waals surface area (Å²) in [5.74, 6) is 1.52. The van der Waals surface area contributed by atoms with Crippen LogP contribution in [0.4, 0.5) is 4.79 Å². The zero-order chi connectivity index (χ0) is 20.9. The fraction of sp³-hybridized carbons (Fsp3) is 0.684. The Hall–Kier alpha value is -2.07. The number of urea groups is 1. The molecule has 1 aliphatic heterocycles. The normalized spacial score (nSPS) is 18.2. The van der Waals surface area contributed by atoms with Crippen LogP contribution in [0.5, 0.6) is 5.75 Å². The summed E-state index contributed by atoms with van der Waals surface area (Å²) in [6.45, 7) is 3.09. The van der Waals surface area contributed by atoms with Crippen molar-refractivity contribution < 1.29 is 27.2 Å². The topological polar surface area (TPSA) is 118 Å². The third-order valence-electron chi connectivity index (χ3n) is 5.06. The Morgan fingerprint density at radius 1 is 1.31 bits per heavy atom. The number of carbonyl (C=O) groups is 2. The van der Waals surface area contributed by atoms with E-state index < -0.39 is 16.1 Å². The summed E-state index contributed by atoms with van der Waals surface area (Å²) in [7, 11) is -3.46. The first kappa shape index (κ1) is 21.6. The summed E-state index contributed by atoms with van der Waals surface area (Å²) in [5.41, 5.74) is 0. The molecule has 0 unspecified atom stereocenters. The monoisotopic (exact) mass is 427 g/mol. The van der Waals surface area contributed by atoms with E-state index in [0.717, 1.165) is 0 Å². The van der Waals surface area contributed by atoms with E-state index in [-0.39, 0.29) is 24.2 Å². The Bertz CT molecular complexity index is 818. The summed E-state index contributed by atoms with van der Waals surface area (Å²) in [6, 6.07) is 0.938. The quantitative estimate of drug-likeness (QED) is 0.368. The summed E-state index contributed by atoms with van der Waals surface area (Å²) in [5, 5.41) is 2.22. The Morgan fingerprint density at radius 2 is 2.10 bits per heavy atom. The molecule has 0 spiro atoms. The Balaban J connectivity index is 1.39. The van der Waals surface area contributed by atoms with Gasteiger partial charge in [0.2, 0.25) is 15.9 Å². The minimum Gasteiger partial charge on any atom is -0.490 e. The van der Waals surface area contributed by atoms with E-state index in [1.54, 1.807) is 6.07 Å². The van der Waals surface area contributed by atoms with Gasteiger partial charge in [0.25, 0.3) is 0 Å². The van der Waals surface area contributed by atoms with Gasteiger partial charge in [-0.2, -0.15) is 0 Å². The maximum absolute atomic E-state index is 12.4. The van der Waals surface area contributed by atoms with Crippen LogP contribution in [0.2, 0.25) is 0 Å². The molecule has 162 valence electrons. The number of ether oxygens (including phenoxy) is 1. The molecular weight excluding hydrogens is 398 g/mol. The number of amides is 3. The lowest BCUT2D eigenvalue weighted by molar-refractivity contribution is -0.118. The fourth-order valence-corrected chi connectivity index (χ4v) is 4.56. The van der Waals surface area contributed by atoms with E-state index in [0.29, 0.717) is 56.3 Å². The van der Waals surface area contributed by atoms with Crippen molar-refractivity contribution in [3.8, 4) is 5.75 Å². The Morgan fingerprint density at radius 3 is 2.76 bits per heavy atom. The second kappa shape index (κ2) is 9.62. The summed E-state index contributed by atoms with van der Waals surface area (Å²) >= 11 is 0. The van der Waals surface area contributed by atoms with E-state index >= 15 is 0 Å². The molecule has 2 N–H and O–H groups in total. The van der Waals surface area contributed by atoms with Gasteiger partial charge < -0.3 is 14.1 Å². The highest BCUT2D eigenvalue weighted by molar-refractivity contribution is 7.89. The lowest BCUT2D eigenvalue weighted by atomic mass is 10.2. The molecular formula is C19H29N3O6S. The van der Waals surface area contributed by atoms with Crippen molar-refractivity contribution in [2.75, 3.05) is 25.4 Å². The van der Waals surface area contributed by atoms with E-state index in [1.807, 2.05) is 6.92 Å². The number of hydrogen-bond donors (Lipinski definition) is 2. The molecule has 2 fully saturated rings. The molecule has 1 atom stereocenters. The molecule has 3 amide bonds. The van der Waals surface area contributed by atoms with E-state index in [1.165, 1.54) is 24.0 Å². The molecule has 29 heavy (non-hydrogen) atoms. The number of nitrogens with zero attached hydrogens (tertiary/aromatic N) is 1. The van der Waals surface area contributed by atoms with Crippen LogP contribution in [-0.2, 0) is 14.8 Å². The molecule has 0 bridgehead atoms. The fourth-order valence-electron chi connectivity index (χ4n) is 3.14. The van der Waals surface area contributed by atoms with Gasteiger partial charge in [-0.05, 0) is 38.0 Å². The van der Waals surface area contributed by atoms with Gasteiger partial charge in [0.15, 0.2) is 5.75 Å².